The molecule has 1 N–H and O–H groups in total. The van der Waals surface area contributed by atoms with E-state index < -0.39 is 0 Å². The summed E-state index contributed by atoms with van der Waals surface area (Å²) in [6, 6.07) is 3.65. The van der Waals surface area contributed by atoms with Crippen LogP contribution in [0.4, 0.5) is 5.13 Å². The number of hydrogen-bond donors (Lipinski definition) is 1. The largest absolute Gasteiger partial charge is 0.462 e. The van der Waals surface area contributed by atoms with Gasteiger partial charge in [0, 0.05) is 5.92 Å². The van der Waals surface area contributed by atoms with Crippen LogP contribution >= 0.6 is 11.3 Å². The quantitative estimate of drug-likeness (QED) is 0.942. The number of rotatable bonds is 3. The lowest BCUT2D eigenvalue weighted by Gasteiger charge is -2.19. The third-order valence-electron chi connectivity index (χ3n) is 4.46. The van der Waals surface area contributed by atoms with Crippen molar-refractivity contribution in [2.75, 3.05) is 5.32 Å². The summed E-state index contributed by atoms with van der Waals surface area (Å²) < 4.78 is 5.27. The van der Waals surface area contributed by atoms with Gasteiger partial charge in [0.15, 0.2) is 10.8 Å². The molecule has 0 radical (unpaired) electrons. The molecular weight excluding hydrogens is 274 g/mol. The van der Waals surface area contributed by atoms with Gasteiger partial charge in [0.05, 0.1) is 6.26 Å². The van der Waals surface area contributed by atoms with Crippen LogP contribution < -0.4 is 5.32 Å². The first-order valence-corrected chi connectivity index (χ1v) is 7.79. The van der Waals surface area contributed by atoms with Gasteiger partial charge >= 0.3 is 0 Å². The summed E-state index contributed by atoms with van der Waals surface area (Å²) >= 11 is 1.35. The standard InChI is InChI=1S/C14H15N3O2S/c18-12(10-7-8-3-4-9(10)6-8)15-14-17-16-13(20-14)11-2-1-5-19-11/h1-2,5,8-10H,3-4,6-7H2,(H,15,17,18). The summed E-state index contributed by atoms with van der Waals surface area (Å²) in [6.07, 6.45) is 6.38. The first kappa shape index (κ1) is 12.1. The Kier molecular flexibility index (Phi) is 2.84. The summed E-state index contributed by atoms with van der Waals surface area (Å²) in [7, 11) is 0. The van der Waals surface area contributed by atoms with Crippen LogP contribution in [0.1, 0.15) is 25.7 Å². The molecule has 4 rings (SSSR count). The molecule has 2 aliphatic rings. The van der Waals surface area contributed by atoms with Gasteiger partial charge in [-0.2, -0.15) is 0 Å². The van der Waals surface area contributed by atoms with E-state index in [-0.39, 0.29) is 11.8 Å². The molecule has 0 aliphatic heterocycles. The van der Waals surface area contributed by atoms with Gasteiger partial charge in [0.25, 0.3) is 0 Å². The number of nitrogens with one attached hydrogen (secondary N) is 1. The fourth-order valence-corrected chi connectivity index (χ4v) is 4.25. The molecule has 20 heavy (non-hydrogen) atoms. The highest BCUT2D eigenvalue weighted by atomic mass is 32.1. The Bertz CT molecular complexity index is 622. The zero-order chi connectivity index (χ0) is 13.5. The molecule has 5 nitrogen and oxygen atoms in total. The van der Waals surface area contributed by atoms with Crippen molar-refractivity contribution in [1.29, 1.82) is 0 Å². The fraction of sp³-hybridized carbons (Fsp3) is 0.500. The van der Waals surface area contributed by atoms with Crippen molar-refractivity contribution in [3.8, 4) is 10.8 Å². The summed E-state index contributed by atoms with van der Waals surface area (Å²) in [5.74, 6) is 2.31. The van der Waals surface area contributed by atoms with Gasteiger partial charge in [-0.05, 0) is 43.2 Å². The highest BCUT2D eigenvalue weighted by Crippen LogP contribution is 2.48. The first-order valence-electron chi connectivity index (χ1n) is 6.98. The molecule has 2 heterocycles. The van der Waals surface area contributed by atoms with Crippen molar-refractivity contribution in [2.45, 2.75) is 25.7 Å². The molecule has 2 aromatic heterocycles. The molecule has 1 amide bonds. The van der Waals surface area contributed by atoms with Gasteiger partial charge < -0.3 is 9.73 Å². The minimum absolute atomic E-state index is 0.111. The molecule has 2 bridgehead atoms. The Balaban J connectivity index is 1.45. The van der Waals surface area contributed by atoms with E-state index in [1.165, 1.54) is 30.6 Å². The molecule has 104 valence electrons. The zero-order valence-electron chi connectivity index (χ0n) is 10.9. The number of hydrogen-bond acceptors (Lipinski definition) is 5. The Morgan fingerprint density at radius 1 is 1.35 bits per heavy atom. The van der Waals surface area contributed by atoms with E-state index in [2.05, 4.69) is 15.5 Å². The van der Waals surface area contributed by atoms with Crippen LogP contribution in [0.2, 0.25) is 0 Å². The van der Waals surface area contributed by atoms with Crippen molar-refractivity contribution in [3.63, 3.8) is 0 Å². The van der Waals surface area contributed by atoms with Crippen LogP contribution in [0.15, 0.2) is 22.8 Å². The first-order chi connectivity index (χ1) is 9.79. The molecule has 0 spiro atoms. The predicted octanol–water partition coefficient (Wildman–Crippen LogP) is 3.17. The maximum atomic E-state index is 12.3. The van der Waals surface area contributed by atoms with E-state index in [0.717, 1.165) is 12.3 Å². The number of carbonyl (C=O) groups excluding carboxylic acids is 1. The lowest BCUT2D eigenvalue weighted by atomic mass is 9.88. The maximum absolute atomic E-state index is 12.3. The van der Waals surface area contributed by atoms with E-state index >= 15 is 0 Å². The number of furan rings is 1. The van der Waals surface area contributed by atoms with Gasteiger partial charge in [0.2, 0.25) is 11.0 Å². The van der Waals surface area contributed by atoms with E-state index in [1.807, 2.05) is 12.1 Å². The summed E-state index contributed by atoms with van der Waals surface area (Å²) in [4.78, 5) is 12.3. The Labute approximate surface area is 120 Å². The second-order valence-electron chi connectivity index (χ2n) is 5.66. The third kappa shape index (κ3) is 2.04. The molecule has 2 aliphatic carbocycles. The van der Waals surface area contributed by atoms with Crippen LogP contribution in [0.5, 0.6) is 0 Å². The Morgan fingerprint density at radius 3 is 3.00 bits per heavy atom. The van der Waals surface area contributed by atoms with E-state index in [4.69, 9.17) is 4.42 Å². The second kappa shape index (κ2) is 4.70. The van der Waals surface area contributed by atoms with E-state index in [9.17, 15) is 4.79 Å². The van der Waals surface area contributed by atoms with Crippen LogP contribution in [-0.2, 0) is 4.79 Å². The second-order valence-corrected chi connectivity index (χ2v) is 6.64. The van der Waals surface area contributed by atoms with Crippen LogP contribution in [0.3, 0.4) is 0 Å². The molecular formula is C14H15N3O2S. The molecule has 3 atom stereocenters. The number of fused-ring (bicyclic) bond motifs is 2. The number of aromatic nitrogens is 2. The van der Waals surface area contributed by atoms with E-state index in [1.54, 1.807) is 6.26 Å². The molecule has 0 aromatic carbocycles. The molecule has 2 saturated carbocycles. The normalized spacial score (nSPS) is 27.9. The van der Waals surface area contributed by atoms with Crippen molar-refractivity contribution in [2.24, 2.45) is 17.8 Å². The van der Waals surface area contributed by atoms with Crippen molar-refractivity contribution in [3.05, 3.63) is 18.4 Å². The number of carbonyl (C=O) groups is 1. The Morgan fingerprint density at radius 2 is 2.30 bits per heavy atom. The smallest absolute Gasteiger partial charge is 0.229 e. The van der Waals surface area contributed by atoms with Gasteiger partial charge in [-0.1, -0.05) is 17.8 Å². The van der Waals surface area contributed by atoms with Gasteiger partial charge in [-0.25, -0.2) is 0 Å². The fourth-order valence-electron chi connectivity index (χ4n) is 3.54. The van der Waals surface area contributed by atoms with Crippen molar-refractivity contribution < 1.29 is 9.21 Å². The average Bonchev–Trinajstić information content (AvgIpc) is 3.22. The monoisotopic (exact) mass is 289 g/mol. The van der Waals surface area contributed by atoms with Crippen molar-refractivity contribution in [1.82, 2.24) is 10.2 Å². The summed E-state index contributed by atoms with van der Waals surface area (Å²) in [5.41, 5.74) is 0. The van der Waals surface area contributed by atoms with Gasteiger partial charge in [0.1, 0.15) is 0 Å². The minimum Gasteiger partial charge on any atom is -0.462 e. The highest BCUT2D eigenvalue weighted by Gasteiger charge is 2.43. The average molecular weight is 289 g/mol. The van der Waals surface area contributed by atoms with Gasteiger partial charge in [-0.3, -0.25) is 4.79 Å². The SMILES string of the molecule is O=C(Nc1nnc(-c2ccco2)s1)C1CC2CCC1C2. The zero-order valence-corrected chi connectivity index (χ0v) is 11.7. The topological polar surface area (TPSA) is 68.0 Å². The molecule has 0 saturated heterocycles. The molecule has 2 fully saturated rings. The Hall–Kier alpha value is -1.69. The molecule has 6 heteroatoms. The third-order valence-corrected chi connectivity index (χ3v) is 5.32. The minimum atomic E-state index is 0.111. The number of anilines is 1. The predicted molar refractivity (Wildman–Crippen MR) is 75.2 cm³/mol. The number of nitrogens with zero attached hydrogens (tertiary/aromatic N) is 2. The molecule has 3 unspecified atom stereocenters. The van der Waals surface area contributed by atoms with Gasteiger partial charge in [-0.15, -0.1) is 10.2 Å². The summed E-state index contributed by atoms with van der Waals surface area (Å²) in [5, 5.41) is 12.2. The number of amides is 1. The van der Waals surface area contributed by atoms with Crippen LogP contribution in [-0.4, -0.2) is 16.1 Å². The lowest BCUT2D eigenvalue weighted by Crippen LogP contribution is -2.27. The van der Waals surface area contributed by atoms with E-state index in [0.29, 0.717) is 21.8 Å². The summed E-state index contributed by atoms with van der Waals surface area (Å²) in [6.45, 7) is 0. The lowest BCUT2D eigenvalue weighted by molar-refractivity contribution is -0.121. The maximum Gasteiger partial charge on any atom is 0.229 e. The van der Waals surface area contributed by atoms with Crippen molar-refractivity contribution >= 4 is 22.4 Å². The van der Waals surface area contributed by atoms with Crippen LogP contribution in [0, 0.1) is 17.8 Å². The highest BCUT2D eigenvalue weighted by molar-refractivity contribution is 7.18. The molecule has 2 aromatic rings. The van der Waals surface area contributed by atoms with Crippen LogP contribution in [0.25, 0.3) is 10.8 Å².